The normalized spacial score (nSPS) is 12.7. The molecule has 4 heteroatoms. The molecule has 0 N–H and O–H groups in total. The highest BCUT2D eigenvalue weighted by molar-refractivity contribution is 5.99. The lowest BCUT2D eigenvalue weighted by Crippen LogP contribution is -2.25. The molecular formula is C59H54N4. The van der Waals surface area contributed by atoms with E-state index in [1.807, 2.05) is 54.9 Å². The molecule has 2 aromatic heterocycles. The minimum absolute atomic E-state index is 0.0145. The minimum atomic E-state index is -0.0145. The van der Waals surface area contributed by atoms with E-state index in [1.165, 1.54) is 108 Å². The van der Waals surface area contributed by atoms with E-state index in [1.54, 1.807) is 0 Å². The third-order valence-corrected chi connectivity index (χ3v) is 13.3. The summed E-state index contributed by atoms with van der Waals surface area (Å²) in [5.74, 6) is 1.93. The Balaban J connectivity index is 1.14. The summed E-state index contributed by atoms with van der Waals surface area (Å²) < 4.78 is 0. The van der Waals surface area contributed by atoms with Crippen LogP contribution in [0.4, 0.5) is 0 Å². The highest BCUT2D eigenvalue weighted by Gasteiger charge is 2.42. The van der Waals surface area contributed by atoms with E-state index in [0.717, 1.165) is 38.9 Å². The highest BCUT2D eigenvalue weighted by Crippen LogP contribution is 2.56. The van der Waals surface area contributed by atoms with Crippen LogP contribution in [0.3, 0.4) is 0 Å². The van der Waals surface area contributed by atoms with Crippen molar-refractivity contribution in [1.29, 1.82) is 0 Å². The Morgan fingerprint density at radius 3 is 1.43 bits per heavy atom. The van der Waals surface area contributed by atoms with Crippen molar-refractivity contribution < 1.29 is 0 Å². The van der Waals surface area contributed by atoms with Gasteiger partial charge in [0.15, 0.2) is 17.5 Å². The van der Waals surface area contributed by atoms with Gasteiger partial charge in [-0.3, -0.25) is 4.98 Å². The maximum atomic E-state index is 5.15. The molecule has 0 saturated carbocycles. The molecule has 0 fully saturated rings. The van der Waals surface area contributed by atoms with Crippen LogP contribution in [0.15, 0.2) is 170 Å². The van der Waals surface area contributed by atoms with Gasteiger partial charge in [-0.1, -0.05) is 168 Å². The molecule has 63 heavy (non-hydrogen) atoms. The summed E-state index contributed by atoms with van der Waals surface area (Å²) in [6.45, 7) is 4.64. The lowest BCUT2D eigenvalue weighted by Gasteiger charge is -2.33. The molecule has 0 spiro atoms. The number of nitrogens with zero attached hydrogens (tertiary/aromatic N) is 4. The van der Waals surface area contributed by atoms with Crippen LogP contribution in [0, 0.1) is 0 Å². The van der Waals surface area contributed by atoms with Crippen molar-refractivity contribution in [3.8, 4) is 67.5 Å². The summed E-state index contributed by atoms with van der Waals surface area (Å²) in [5.41, 5.74) is 13.1. The first-order valence-corrected chi connectivity index (χ1v) is 23.2. The predicted molar refractivity (Wildman–Crippen MR) is 264 cm³/mol. The van der Waals surface area contributed by atoms with Crippen molar-refractivity contribution in [2.45, 2.75) is 83.5 Å². The van der Waals surface area contributed by atoms with Gasteiger partial charge in [-0.05, 0) is 128 Å². The molecule has 1 aliphatic rings. The standard InChI is InChI=1S/C59H54N4/c1-3-5-7-17-29-59(30-18-8-6-4-2)54-38-44-25-16-15-24-43(44)36-52(54)53-37-46-28-27-45(32-50(46)39-55(53)59)48-33-49(47-26-19-31-60-40-47)35-51(34-48)58-62-56(41-20-11-9-12-21-41)61-57(63-58)42-22-13-10-14-23-42/h9-16,19-28,31-40H,3-8,17-18,29-30H2,1-2H3. The molecule has 0 radical (unpaired) electrons. The Morgan fingerprint density at radius 1 is 0.365 bits per heavy atom. The lowest BCUT2D eigenvalue weighted by molar-refractivity contribution is 0.401. The first-order chi connectivity index (χ1) is 31.1. The fourth-order valence-corrected chi connectivity index (χ4v) is 10.0. The zero-order valence-corrected chi connectivity index (χ0v) is 36.5. The van der Waals surface area contributed by atoms with Crippen LogP contribution in [0.25, 0.3) is 89.1 Å². The minimum Gasteiger partial charge on any atom is -0.264 e. The average molecular weight is 819 g/mol. The molecule has 4 nitrogen and oxygen atoms in total. The predicted octanol–water partition coefficient (Wildman–Crippen LogP) is 16.1. The molecule has 0 amide bonds. The van der Waals surface area contributed by atoms with Gasteiger partial charge in [-0.2, -0.15) is 0 Å². The van der Waals surface area contributed by atoms with E-state index in [9.17, 15) is 0 Å². The smallest absolute Gasteiger partial charge is 0.164 e. The van der Waals surface area contributed by atoms with Crippen molar-refractivity contribution >= 4 is 21.5 Å². The molecular weight excluding hydrogens is 765 g/mol. The number of aromatic nitrogens is 4. The summed E-state index contributed by atoms with van der Waals surface area (Å²) in [4.78, 5) is 19.8. The zero-order valence-electron chi connectivity index (χ0n) is 36.5. The van der Waals surface area contributed by atoms with E-state index in [2.05, 4.69) is 134 Å². The second-order valence-electron chi connectivity index (χ2n) is 17.5. The molecule has 9 aromatic rings. The second kappa shape index (κ2) is 17.9. The molecule has 2 heterocycles. The van der Waals surface area contributed by atoms with E-state index in [-0.39, 0.29) is 5.41 Å². The third-order valence-electron chi connectivity index (χ3n) is 13.3. The molecule has 1 aliphatic carbocycles. The first kappa shape index (κ1) is 40.3. The summed E-state index contributed by atoms with van der Waals surface area (Å²) in [7, 11) is 0. The van der Waals surface area contributed by atoms with Crippen molar-refractivity contribution in [2.24, 2.45) is 0 Å². The first-order valence-electron chi connectivity index (χ1n) is 23.2. The number of pyridine rings is 1. The fourth-order valence-electron chi connectivity index (χ4n) is 10.0. The molecule has 0 aliphatic heterocycles. The van der Waals surface area contributed by atoms with Crippen molar-refractivity contribution in [1.82, 2.24) is 19.9 Å². The van der Waals surface area contributed by atoms with Gasteiger partial charge >= 0.3 is 0 Å². The number of unbranched alkanes of at least 4 members (excludes halogenated alkanes) is 6. The molecule has 10 rings (SSSR count). The van der Waals surface area contributed by atoms with Crippen molar-refractivity contribution in [3.05, 3.63) is 181 Å². The molecule has 7 aromatic carbocycles. The van der Waals surface area contributed by atoms with Gasteiger partial charge in [-0.15, -0.1) is 0 Å². The number of benzene rings is 7. The largest absolute Gasteiger partial charge is 0.264 e. The van der Waals surface area contributed by atoms with Crippen molar-refractivity contribution in [2.75, 3.05) is 0 Å². The highest BCUT2D eigenvalue weighted by atomic mass is 15.0. The molecule has 0 saturated heterocycles. The lowest BCUT2D eigenvalue weighted by atomic mass is 9.70. The second-order valence-corrected chi connectivity index (χ2v) is 17.5. The maximum absolute atomic E-state index is 5.15. The van der Waals surface area contributed by atoms with Crippen LogP contribution in [0.5, 0.6) is 0 Å². The monoisotopic (exact) mass is 818 g/mol. The van der Waals surface area contributed by atoms with Gasteiger partial charge in [0.25, 0.3) is 0 Å². The molecule has 0 atom stereocenters. The zero-order chi connectivity index (χ0) is 42.6. The summed E-state index contributed by atoms with van der Waals surface area (Å²) in [5, 5.41) is 5.21. The quantitative estimate of drug-likeness (QED) is 0.0967. The number of hydrogen-bond acceptors (Lipinski definition) is 4. The fraction of sp³-hybridized carbons (Fsp3) is 0.220. The Bertz CT molecular complexity index is 2960. The summed E-state index contributed by atoms with van der Waals surface area (Å²) >= 11 is 0. The van der Waals surface area contributed by atoms with Gasteiger partial charge in [0.05, 0.1) is 0 Å². The number of fused-ring (bicyclic) bond motifs is 5. The average Bonchev–Trinajstić information content (AvgIpc) is 3.59. The Hall–Kier alpha value is -6.78. The van der Waals surface area contributed by atoms with E-state index in [4.69, 9.17) is 15.0 Å². The SMILES string of the molecule is CCCCCCC1(CCCCCC)c2cc3ccccc3cc2-c2cc3ccc(-c4cc(-c5cccnc5)cc(-c5nc(-c6ccccc6)nc(-c6ccccc6)n5)c4)cc3cc21. The van der Waals surface area contributed by atoms with Gasteiger partial charge in [0.2, 0.25) is 0 Å². The summed E-state index contributed by atoms with van der Waals surface area (Å²) in [6.07, 6.45) is 16.2. The topological polar surface area (TPSA) is 51.6 Å². The van der Waals surface area contributed by atoms with Gasteiger partial charge in [-0.25, -0.2) is 15.0 Å². The van der Waals surface area contributed by atoms with E-state index < -0.39 is 0 Å². The third kappa shape index (κ3) is 8.07. The molecule has 0 bridgehead atoms. The maximum Gasteiger partial charge on any atom is 0.164 e. The van der Waals surface area contributed by atoms with E-state index >= 15 is 0 Å². The summed E-state index contributed by atoms with van der Waals surface area (Å²) in [6, 6.07) is 57.4. The van der Waals surface area contributed by atoms with E-state index in [0.29, 0.717) is 17.5 Å². The van der Waals surface area contributed by atoms with Crippen LogP contribution < -0.4 is 0 Å². The number of rotatable bonds is 15. The van der Waals surface area contributed by atoms with Gasteiger partial charge in [0.1, 0.15) is 0 Å². The van der Waals surface area contributed by atoms with Gasteiger partial charge < -0.3 is 0 Å². The number of hydrogen-bond donors (Lipinski definition) is 0. The van der Waals surface area contributed by atoms with Crippen molar-refractivity contribution in [3.63, 3.8) is 0 Å². The van der Waals surface area contributed by atoms with Crippen LogP contribution in [0.1, 0.15) is 89.2 Å². The van der Waals surface area contributed by atoms with Crippen LogP contribution in [-0.2, 0) is 5.41 Å². The Labute approximate surface area is 372 Å². The molecule has 310 valence electrons. The Morgan fingerprint density at radius 2 is 0.857 bits per heavy atom. The van der Waals surface area contributed by atoms with Gasteiger partial charge in [0, 0.05) is 40.1 Å². The van der Waals surface area contributed by atoms with Crippen LogP contribution in [0.2, 0.25) is 0 Å². The Kier molecular flexibility index (Phi) is 11.5. The van der Waals surface area contributed by atoms with Crippen LogP contribution in [-0.4, -0.2) is 19.9 Å². The molecule has 0 unspecified atom stereocenters. The van der Waals surface area contributed by atoms with Crippen LogP contribution >= 0.6 is 0 Å².